The van der Waals surface area contributed by atoms with Gasteiger partial charge in [0, 0.05) is 32.1 Å². The van der Waals surface area contributed by atoms with E-state index < -0.39 is 6.09 Å². The molecule has 2 heterocycles. The monoisotopic (exact) mass is 237 g/mol. The van der Waals surface area contributed by atoms with Gasteiger partial charge in [-0.05, 0) is 6.07 Å². The first-order chi connectivity index (χ1) is 8.16. The quantitative estimate of drug-likeness (QED) is 0.806. The first-order valence-corrected chi connectivity index (χ1v) is 5.51. The average Bonchev–Trinajstić information content (AvgIpc) is 2.33. The van der Waals surface area contributed by atoms with Gasteiger partial charge in [0.1, 0.15) is 6.10 Å². The van der Waals surface area contributed by atoms with E-state index in [2.05, 4.69) is 4.98 Å². The van der Waals surface area contributed by atoms with Crippen LogP contribution in [0.5, 0.6) is 5.75 Å². The largest absolute Gasteiger partial charge is 0.487 e. The zero-order valence-corrected chi connectivity index (χ0v) is 9.37. The van der Waals surface area contributed by atoms with Gasteiger partial charge in [-0.2, -0.15) is 0 Å². The molecule has 3 N–H and O–H groups in total. The third-order valence-corrected chi connectivity index (χ3v) is 2.82. The summed E-state index contributed by atoms with van der Waals surface area (Å²) < 4.78 is 5.71. The van der Waals surface area contributed by atoms with E-state index in [4.69, 9.17) is 15.6 Å². The normalized spacial score (nSPS) is 16.8. The van der Waals surface area contributed by atoms with E-state index in [1.807, 2.05) is 0 Å². The van der Waals surface area contributed by atoms with Crippen molar-refractivity contribution in [1.29, 1.82) is 0 Å². The summed E-state index contributed by atoms with van der Waals surface area (Å²) in [6, 6.07) is 1.68. The number of nitrogen functional groups attached to an aromatic ring is 1. The second kappa shape index (κ2) is 4.90. The van der Waals surface area contributed by atoms with Crippen molar-refractivity contribution in [3.05, 3.63) is 18.5 Å². The Morgan fingerprint density at radius 2 is 2.24 bits per heavy atom. The van der Waals surface area contributed by atoms with E-state index >= 15 is 0 Å². The van der Waals surface area contributed by atoms with Gasteiger partial charge in [0.15, 0.2) is 5.75 Å². The van der Waals surface area contributed by atoms with Crippen molar-refractivity contribution in [2.45, 2.75) is 18.9 Å². The zero-order valence-electron chi connectivity index (χ0n) is 9.37. The highest BCUT2D eigenvalue weighted by molar-refractivity contribution is 5.65. The average molecular weight is 237 g/mol. The lowest BCUT2D eigenvalue weighted by atomic mass is 10.1. The van der Waals surface area contributed by atoms with Crippen molar-refractivity contribution in [1.82, 2.24) is 9.88 Å². The number of hydrogen-bond donors (Lipinski definition) is 2. The van der Waals surface area contributed by atoms with Crippen LogP contribution in [0.4, 0.5) is 10.5 Å². The third-order valence-electron chi connectivity index (χ3n) is 2.82. The van der Waals surface area contributed by atoms with Crippen LogP contribution in [0.3, 0.4) is 0 Å². The predicted octanol–water partition coefficient (Wildman–Crippen LogP) is 1.19. The molecule has 0 spiro atoms. The van der Waals surface area contributed by atoms with Gasteiger partial charge < -0.3 is 20.5 Å². The molecule has 2 rings (SSSR count). The van der Waals surface area contributed by atoms with Crippen molar-refractivity contribution in [3.8, 4) is 5.75 Å². The van der Waals surface area contributed by atoms with E-state index in [1.54, 1.807) is 18.5 Å². The molecule has 0 unspecified atom stereocenters. The van der Waals surface area contributed by atoms with Gasteiger partial charge in [0.2, 0.25) is 0 Å². The fourth-order valence-electron chi connectivity index (χ4n) is 1.83. The van der Waals surface area contributed by atoms with Gasteiger partial charge in [-0.25, -0.2) is 4.79 Å². The molecular formula is C11H15N3O3. The first-order valence-electron chi connectivity index (χ1n) is 5.51. The second-order valence-electron chi connectivity index (χ2n) is 4.00. The molecule has 1 aliphatic heterocycles. The highest BCUT2D eigenvalue weighted by Gasteiger charge is 2.23. The lowest BCUT2D eigenvalue weighted by Gasteiger charge is -2.30. The molecule has 6 nitrogen and oxygen atoms in total. The lowest BCUT2D eigenvalue weighted by Crippen LogP contribution is -2.41. The van der Waals surface area contributed by atoms with Crippen LogP contribution in [0.1, 0.15) is 12.8 Å². The fraction of sp³-hybridized carbons (Fsp3) is 0.455. The second-order valence-corrected chi connectivity index (χ2v) is 4.00. The van der Waals surface area contributed by atoms with E-state index in [-0.39, 0.29) is 6.10 Å². The van der Waals surface area contributed by atoms with Gasteiger partial charge >= 0.3 is 6.09 Å². The Morgan fingerprint density at radius 1 is 1.53 bits per heavy atom. The maximum absolute atomic E-state index is 10.7. The summed E-state index contributed by atoms with van der Waals surface area (Å²) in [6.45, 7) is 1.00. The number of carboxylic acid groups (broad SMARTS) is 1. The molecule has 0 saturated carbocycles. The molecule has 1 saturated heterocycles. The van der Waals surface area contributed by atoms with E-state index in [0.29, 0.717) is 37.4 Å². The van der Waals surface area contributed by atoms with Crippen molar-refractivity contribution in [2.75, 3.05) is 18.8 Å². The molecule has 0 bridgehead atoms. The minimum absolute atomic E-state index is 0.0112. The number of likely N-dealkylation sites (tertiary alicyclic amines) is 1. The molecule has 0 aliphatic carbocycles. The van der Waals surface area contributed by atoms with Crippen molar-refractivity contribution in [2.24, 2.45) is 0 Å². The number of ether oxygens (including phenoxy) is 1. The van der Waals surface area contributed by atoms with Crippen molar-refractivity contribution >= 4 is 11.8 Å². The number of carbonyl (C=O) groups is 1. The number of aromatic nitrogens is 1. The maximum atomic E-state index is 10.7. The summed E-state index contributed by atoms with van der Waals surface area (Å²) in [5.41, 5.74) is 6.30. The summed E-state index contributed by atoms with van der Waals surface area (Å²) in [7, 11) is 0. The van der Waals surface area contributed by atoms with Crippen molar-refractivity contribution < 1.29 is 14.6 Å². The summed E-state index contributed by atoms with van der Waals surface area (Å²) >= 11 is 0. The number of nitrogens with two attached hydrogens (primary N) is 1. The topological polar surface area (TPSA) is 88.7 Å². The summed E-state index contributed by atoms with van der Waals surface area (Å²) in [5.74, 6) is 0.571. The highest BCUT2D eigenvalue weighted by Crippen LogP contribution is 2.23. The number of pyridine rings is 1. The van der Waals surface area contributed by atoms with E-state index in [0.717, 1.165) is 0 Å². The number of hydrogen-bond acceptors (Lipinski definition) is 4. The Morgan fingerprint density at radius 3 is 2.82 bits per heavy atom. The first kappa shape index (κ1) is 11.5. The Kier molecular flexibility index (Phi) is 3.32. The minimum atomic E-state index is -0.871. The van der Waals surface area contributed by atoms with Gasteiger partial charge in [0.05, 0.1) is 11.9 Å². The van der Waals surface area contributed by atoms with Crippen LogP contribution in [-0.4, -0.2) is 40.3 Å². The molecular weight excluding hydrogens is 222 g/mol. The van der Waals surface area contributed by atoms with Crippen LogP contribution in [0.2, 0.25) is 0 Å². The molecule has 1 aromatic heterocycles. The fourth-order valence-corrected chi connectivity index (χ4v) is 1.83. The summed E-state index contributed by atoms with van der Waals surface area (Å²) in [6.07, 6.45) is 3.69. The lowest BCUT2D eigenvalue weighted by molar-refractivity contribution is 0.0896. The van der Waals surface area contributed by atoms with Crippen LogP contribution in [-0.2, 0) is 0 Å². The minimum Gasteiger partial charge on any atom is -0.487 e. The standard InChI is InChI=1S/C11H15N3O3/c12-9-1-4-13-7-10(9)17-8-2-5-14(6-3-8)11(15)16/h1,4,7-8H,2-3,5-6H2,(H2,12,13)(H,15,16). The molecule has 1 aromatic rings. The number of nitrogens with zero attached hydrogens (tertiary/aromatic N) is 2. The molecule has 0 aromatic carbocycles. The molecule has 1 amide bonds. The van der Waals surface area contributed by atoms with Gasteiger partial charge in [0.25, 0.3) is 0 Å². The smallest absolute Gasteiger partial charge is 0.407 e. The van der Waals surface area contributed by atoms with Crippen LogP contribution >= 0.6 is 0 Å². The van der Waals surface area contributed by atoms with Crippen LogP contribution in [0.15, 0.2) is 18.5 Å². The third kappa shape index (κ3) is 2.77. The summed E-state index contributed by atoms with van der Waals surface area (Å²) in [5, 5.41) is 8.81. The molecule has 92 valence electrons. The Balaban J connectivity index is 1.90. The van der Waals surface area contributed by atoms with Gasteiger partial charge in [-0.1, -0.05) is 0 Å². The molecule has 0 radical (unpaired) electrons. The molecule has 0 atom stereocenters. The zero-order chi connectivity index (χ0) is 12.3. The number of piperidine rings is 1. The maximum Gasteiger partial charge on any atom is 0.407 e. The predicted molar refractivity (Wildman–Crippen MR) is 61.9 cm³/mol. The van der Waals surface area contributed by atoms with Gasteiger partial charge in [-0.3, -0.25) is 4.98 Å². The molecule has 1 aliphatic rings. The number of rotatable bonds is 2. The van der Waals surface area contributed by atoms with Crippen LogP contribution in [0.25, 0.3) is 0 Å². The van der Waals surface area contributed by atoms with Gasteiger partial charge in [-0.15, -0.1) is 0 Å². The molecule has 17 heavy (non-hydrogen) atoms. The Hall–Kier alpha value is -1.98. The molecule has 1 fully saturated rings. The van der Waals surface area contributed by atoms with Crippen molar-refractivity contribution in [3.63, 3.8) is 0 Å². The van der Waals surface area contributed by atoms with E-state index in [1.165, 1.54) is 4.90 Å². The molecule has 6 heteroatoms. The summed E-state index contributed by atoms with van der Waals surface area (Å²) in [4.78, 5) is 16.1. The number of anilines is 1. The highest BCUT2D eigenvalue weighted by atomic mass is 16.5. The van der Waals surface area contributed by atoms with Crippen LogP contribution < -0.4 is 10.5 Å². The van der Waals surface area contributed by atoms with Crippen LogP contribution in [0, 0.1) is 0 Å². The SMILES string of the molecule is Nc1ccncc1OC1CCN(C(=O)O)CC1. The Labute approximate surface area is 99.0 Å². The Bertz CT molecular complexity index is 403. The van der Waals surface area contributed by atoms with E-state index in [9.17, 15) is 4.79 Å². The number of amides is 1.